The lowest BCUT2D eigenvalue weighted by Gasteiger charge is -2.26. The molecule has 0 aliphatic heterocycles. The maximum absolute atomic E-state index is 12.5. The number of nitrogens with zero attached hydrogens (tertiary/aromatic N) is 1. The largest absolute Gasteiger partial charge is 0.387 e. The average Bonchev–Trinajstić information content (AvgIpc) is 2.81. The molecule has 0 aliphatic rings. The Morgan fingerprint density at radius 1 is 1.03 bits per heavy atom. The second-order valence-electron chi connectivity index (χ2n) is 10.4. The Labute approximate surface area is 208 Å². The summed E-state index contributed by atoms with van der Waals surface area (Å²) in [5, 5.41) is 13.7. The van der Waals surface area contributed by atoms with E-state index in [-0.39, 0.29) is 12.5 Å². The third-order valence-corrected chi connectivity index (χ3v) is 5.99. The van der Waals surface area contributed by atoms with Gasteiger partial charge in [0.05, 0.1) is 31.1 Å². The van der Waals surface area contributed by atoms with Crippen molar-refractivity contribution >= 4 is 5.91 Å². The minimum Gasteiger partial charge on any atom is -0.387 e. The van der Waals surface area contributed by atoms with Gasteiger partial charge in [-0.3, -0.25) is 9.78 Å². The van der Waals surface area contributed by atoms with Crippen molar-refractivity contribution in [3.63, 3.8) is 0 Å². The van der Waals surface area contributed by atoms with E-state index in [4.69, 9.17) is 4.74 Å². The summed E-state index contributed by atoms with van der Waals surface area (Å²) in [7, 11) is 0. The first-order valence-electron chi connectivity index (χ1n) is 13.5. The molecule has 0 aromatic carbocycles. The van der Waals surface area contributed by atoms with Crippen LogP contribution in [-0.2, 0) is 16.1 Å². The molecule has 1 heterocycles. The Morgan fingerprint density at radius 3 is 2.21 bits per heavy atom. The van der Waals surface area contributed by atoms with Gasteiger partial charge in [0.25, 0.3) is 0 Å². The average molecular weight is 475 g/mol. The van der Waals surface area contributed by atoms with Gasteiger partial charge in [-0.25, -0.2) is 0 Å². The zero-order valence-electron chi connectivity index (χ0n) is 22.2. The van der Waals surface area contributed by atoms with E-state index >= 15 is 0 Å². The fourth-order valence-corrected chi connectivity index (χ4v) is 3.68. The zero-order chi connectivity index (χ0) is 25.1. The van der Waals surface area contributed by atoms with Crippen LogP contribution in [-0.4, -0.2) is 34.8 Å². The molecule has 0 spiro atoms. The maximum atomic E-state index is 12.5. The Kier molecular flexibility index (Phi) is 16.6. The number of amides is 1. The third-order valence-electron chi connectivity index (χ3n) is 5.99. The number of aliphatic hydroxyl groups is 1. The first-order chi connectivity index (χ1) is 16.3. The van der Waals surface area contributed by atoms with E-state index in [1.165, 1.54) is 64.2 Å². The van der Waals surface area contributed by atoms with Gasteiger partial charge in [-0.15, -0.1) is 0 Å². The molecule has 0 aliphatic carbocycles. The molecule has 1 rings (SSSR count). The second-order valence-corrected chi connectivity index (χ2v) is 10.4. The Balaban J connectivity index is 2.30. The topological polar surface area (TPSA) is 71.5 Å². The molecular formula is C29H50N2O3. The van der Waals surface area contributed by atoms with Gasteiger partial charge in [0.15, 0.2) is 0 Å². The van der Waals surface area contributed by atoms with Crippen molar-refractivity contribution in [3.8, 4) is 0 Å². The third kappa shape index (κ3) is 15.2. The van der Waals surface area contributed by atoms with E-state index in [0.29, 0.717) is 6.61 Å². The van der Waals surface area contributed by atoms with Crippen LogP contribution in [0.25, 0.3) is 0 Å². The summed E-state index contributed by atoms with van der Waals surface area (Å²) >= 11 is 0. The van der Waals surface area contributed by atoms with E-state index in [2.05, 4.69) is 17.2 Å². The van der Waals surface area contributed by atoms with Gasteiger partial charge in [0.2, 0.25) is 5.91 Å². The number of nitrogens with one attached hydrogen (secondary N) is 1. The molecular weight excluding hydrogens is 424 g/mol. The van der Waals surface area contributed by atoms with Crippen molar-refractivity contribution in [2.24, 2.45) is 5.41 Å². The molecule has 2 atom stereocenters. The van der Waals surface area contributed by atoms with Crippen LogP contribution in [0.3, 0.4) is 0 Å². The fourth-order valence-electron chi connectivity index (χ4n) is 3.68. The highest BCUT2D eigenvalue weighted by Crippen LogP contribution is 2.15. The molecule has 0 bridgehead atoms. The highest BCUT2D eigenvalue weighted by molar-refractivity contribution is 5.81. The van der Waals surface area contributed by atoms with E-state index in [1.54, 1.807) is 12.3 Å². The number of allylic oxidation sites excluding steroid dienone is 1. The summed E-state index contributed by atoms with van der Waals surface area (Å²) in [6, 6.07) is 5.17. The van der Waals surface area contributed by atoms with E-state index in [0.717, 1.165) is 18.5 Å². The Hall–Kier alpha value is -1.72. The molecule has 5 nitrogen and oxygen atoms in total. The fraction of sp³-hybridized carbons (Fsp3) is 0.724. The number of carbonyl (C=O) groups excluding carboxylic acids is 1. The van der Waals surface area contributed by atoms with Crippen molar-refractivity contribution in [2.75, 3.05) is 6.61 Å². The first kappa shape index (κ1) is 30.3. The number of aliphatic hydroxyl groups excluding tert-OH is 1. The quantitative estimate of drug-likeness (QED) is 0.172. The molecule has 34 heavy (non-hydrogen) atoms. The molecule has 5 heteroatoms. The number of pyridine rings is 1. The van der Waals surface area contributed by atoms with Crippen LogP contribution < -0.4 is 5.32 Å². The number of unbranched alkanes of at least 4 members (excludes halogenated alkanes) is 11. The molecule has 2 N–H and O–H groups in total. The molecule has 1 aromatic rings. The summed E-state index contributed by atoms with van der Waals surface area (Å²) in [6.07, 6.45) is 20.3. The van der Waals surface area contributed by atoms with Crippen LogP contribution in [0.4, 0.5) is 0 Å². The van der Waals surface area contributed by atoms with Gasteiger partial charge in [-0.2, -0.15) is 0 Å². The number of hydrogen-bond donors (Lipinski definition) is 2. The van der Waals surface area contributed by atoms with E-state index in [1.807, 2.05) is 45.0 Å². The lowest BCUT2D eigenvalue weighted by molar-refractivity contribution is -0.130. The van der Waals surface area contributed by atoms with Crippen LogP contribution in [0.5, 0.6) is 0 Å². The summed E-state index contributed by atoms with van der Waals surface area (Å²) in [6.45, 7) is 8.42. The summed E-state index contributed by atoms with van der Waals surface area (Å²) in [5.41, 5.74) is 0.294. The molecule has 0 saturated carbocycles. The lowest BCUT2D eigenvalue weighted by Crippen LogP contribution is -2.49. The molecule has 0 fully saturated rings. The Bertz CT molecular complexity index is 655. The van der Waals surface area contributed by atoms with Gasteiger partial charge < -0.3 is 15.2 Å². The molecule has 0 saturated heterocycles. The minimum absolute atomic E-state index is 0.100. The van der Waals surface area contributed by atoms with Crippen LogP contribution in [0.1, 0.15) is 110 Å². The van der Waals surface area contributed by atoms with Crippen LogP contribution in [0.2, 0.25) is 0 Å². The number of aromatic nitrogens is 1. The van der Waals surface area contributed by atoms with Crippen molar-refractivity contribution in [1.29, 1.82) is 0 Å². The zero-order valence-corrected chi connectivity index (χ0v) is 22.2. The summed E-state index contributed by atoms with van der Waals surface area (Å²) < 4.78 is 5.76. The molecule has 0 radical (unpaired) electrons. The van der Waals surface area contributed by atoms with E-state index < -0.39 is 17.6 Å². The normalized spacial score (nSPS) is 13.8. The molecule has 1 aromatic heterocycles. The van der Waals surface area contributed by atoms with Gasteiger partial charge in [-0.1, -0.05) is 110 Å². The summed E-state index contributed by atoms with van der Waals surface area (Å²) in [4.78, 5) is 16.7. The number of ether oxygens (including phenoxy) is 1. The number of hydrogen-bond acceptors (Lipinski definition) is 4. The van der Waals surface area contributed by atoms with Crippen molar-refractivity contribution in [1.82, 2.24) is 10.3 Å². The van der Waals surface area contributed by atoms with Gasteiger partial charge in [0, 0.05) is 11.6 Å². The van der Waals surface area contributed by atoms with Crippen molar-refractivity contribution < 1.29 is 14.6 Å². The van der Waals surface area contributed by atoms with Gasteiger partial charge >= 0.3 is 0 Å². The van der Waals surface area contributed by atoms with Gasteiger partial charge in [0.1, 0.15) is 0 Å². The highest BCUT2D eigenvalue weighted by atomic mass is 16.5. The Morgan fingerprint density at radius 2 is 1.65 bits per heavy atom. The van der Waals surface area contributed by atoms with Crippen molar-refractivity contribution in [3.05, 3.63) is 42.2 Å². The predicted octanol–water partition coefficient (Wildman–Crippen LogP) is 6.75. The molecule has 1 amide bonds. The van der Waals surface area contributed by atoms with Gasteiger partial charge in [-0.05, 0) is 25.0 Å². The second kappa shape index (κ2) is 18.6. The standard InChI is InChI=1S/C29H50N2O3/c1-5-6-7-8-9-10-11-12-13-14-15-16-17-21-27(32)26(31-28(33)29(2,3)4)24-34-23-25-20-18-19-22-30-25/h17-22,26-27,32H,5-16,23-24H2,1-4H3,(H,31,33)/b21-17+/t26-,27+/m0/s1. The summed E-state index contributed by atoms with van der Waals surface area (Å²) in [5.74, 6) is -0.100. The van der Waals surface area contributed by atoms with Crippen LogP contribution in [0.15, 0.2) is 36.5 Å². The van der Waals surface area contributed by atoms with Crippen molar-refractivity contribution in [2.45, 2.75) is 123 Å². The molecule has 194 valence electrons. The highest BCUT2D eigenvalue weighted by Gasteiger charge is 2.27. The predicted molar refractivity (Wildman–Crippen MR) is 142 cm³/mol. The maximum Gasteiger partial charge on any atom is 0.225 e. The lowest BCUT2D eigenvalue weighted by atomic mass is 9.95. The number of carbonyl (C=O) groups is 1. The monoisotopic (exact) mass is 474 g/mol. The SMILES string of the molecule is CCCCCCCCCCCCC/C=C/[C@@H](O)[C@H](COCc1ccccn1)NC(=O)C(C)(C)C. The smallest absolute Gasteiger partial charge is 0.225 e. The van der Waals surface area contributed by atoms with E-state index in [9.17, 15) is 9.90 Å². The number of rotatable bonds is 19. The molecule has 0 unspecified atom stereocenters. The van der Waals surface area contributed by atoms with Crippen LogP contribution >= 0.6 is 0 Å². The first-order valence-corrected chi connectivity index (χ1v) is 13.5. The minimum atomic E-state index is -0.789. The van der Waals surface area contributed by atoms with Crippen LogP contribution in [0, 0.1) is 5.41 Å².